The van der Waals surface area contributed by atoms with E-state index in [1.165, 1.54) is 17.5 Å². The fourth-order valence-corrected chi connectivity index (χ4v) is 3.50. The monoisotopic (exact) mass is 363 g/mol. The number of fused-ring (bicyclic) bond motifs is 1. The second kappa shape index (κ2) is 6.20. The zero-order valence-corrected chi connectivity index (χ0v) is 13.8. The van der Waals surface area contributed by atoms with E-state index >= 15 is 0 Å². The van der Waals surface area contributed by atoms with Crippen LogP contribution >= 0.6 is 27.5 Å². The van der Waals surface area contributed by atoms with E-state index in [0.29, 0.717) is 10.7 Å². The Morgan fingerprint density at radius 1 is 1.14 bits per heavy atom. The SMILES string of the molecule is O=C(Nc1ccc(Br)cc1Cl)c1cccc2c1CCCC2. The molecule has 0 atom stereocenters. The Morgan fingerprint density at radius 3 is 2.76 bits per heavy atom. The fraction of sp³-hybridized carbons (Fsp3) is 0.235. The molecule has 0 radical (unpaired) electrons. The summed E-state index contributed by atoms with van der Waals surface area (Å²) in [6.07, 6.45) is 4.40. The van der Waals surface area contributed by atoms with Crippen LogP contribution in [0.2, 0.25) is 5.02 Å². The Balaban J connectivity index is 1.89. The Labute approximate surface area is 137 Å². The summed E-state index contributed by atoms with van der Waals surface area (Å²) in [6, 6.07) is 11.4. The molecule has 0 saturated carbocycles. The highest BCUT2D eigenvalue weighted by molar-refractivity contribution is 9.10. The molecule has 0 bridgehead atoms. The average Bonchev–Trinajstić information content (AvgIpc) is 2.49. The fourth-order valence-electron chi connectivity index (χ4n) is 2.77. The Hall–Kier alpha value is -1.32. The highest BCUT2D eigenvalue weighted by Gasteiger charge is 2.18. The van der Waals surface area contributed by atoms with Gasteiger partial charge in [-0.1, -0.05) is 39.7 Å². The van der Waals surface area contributed by atoms with E-state index in [-0.39, 0.29) is 5.91 Å². The van der Waals surface area contributed by atoms with Gasteiger partial charge in [0.25, 0.3) is 5.91 Å². The Bertz CT molecular complexity index is 699. The van der Waals surface area contributed by atoms with Crippen molar-refractivity contribution in [1.82, 2.24) is 0 Å². The van der Waals surface area contributed by atoms with Gasteiger partial charge in [0, 0.05) is 10.0 Å². The zero-order chi connectivity index (χ0) is 14.8. The lowest BCUT2D eigenvalue weighted by atomic mass is 9.88. The van der Waals surface area contributed by atoms with Crippen LogP contribution in [0.3, 0.4) is 0 Å². The van der Waals surface area contributed by atoms with Crippen LogP contribution in [-0.4, -0.2) is 5.91 Å². The minimum absolute atomic E-state index is 0.0852. The van der Waals surface area contributed by atoms with E-state index in [4.69, 9.17) is 11.6 Å². The Kier molecular flexibility index (Phi) is 4.32. The van der Waals surface area contributed by atoms with Gasteiger partial charge in [-0.25, -0.2) is 0 Å². The van der Waals surface area contributed by atoms with Crippen LogP contribution in [0.5, 0.6) is 0 Å². The quantitative estimate of drug-likeness (QED) is 0.776. The number of halogens is 2. The Morgan fingerprint density at radius 2 is 1.95 bits per heavy atom. The van der Waals surface area contributed by atoms with Crippen LogP contribution in [0.1, 0.15) is 34.3 Å². The van der Waals surface area contributed by atoms with Crippen molar-refractivity contribution in [2.24, 2.45) is 0 Å². The van der Waals surface area contributed by atoms with Crippen LogP contribution < -0.4 is 5.32 Å². The summed E-state index contributed by atoms with van der Waals surface area (Å²) in [6.45, 7) is 0. The summed E-state index contributed by atoms with van der Waals surface area (Å²) in [5, 5.41) is 3.44. The lowest BCUT2D eigenvalue weighted by Gasteiger charge is -2.19. The van der Waals surface area contributed by atoms with Gasteiger partial charge in [-0.05, 0) is 61.1 Å². The number of hydrogen-bond donors (Lipinski definition) is 1. The van der Waals surface area contributed by atoms with Crippen molar-refractivity contribution in [3.8, 4) is 0 Å². The van der Waals surface area contributed by atoms with Crippen molar-refractivity contribution in [3.05, 3.63) is 62.6 Å². The van der Waals surface area contributed by atoms with Crippen LogP contribution in [0.25, 0.3) is 0 Å². The molecule has 3 rings (SSSR count). The predicted octanol–water partition coefficient (Wildman–Crippen LogP) is 5.23. The van der Waals surface area contributed by atoms with Gasteiger partial charge in [0.2, 0.25) is 0 Å². The maximum Gasteiger partial charge on any atom is 0.255 e. The second-order valence-electron chi connectivity index (χ2n) is 5.23. The molecule has 1 aliphatic rings. The molecule has 108 valence electrons. The van der Waals surface area contributed by atoms with Crippen LogP contribution in [0.4, 0.5) is 5.69 Å². The van der Waals surface area contributed by atoms with Crippen molar-refractivity contribution in [2.45, 2.75) is 25.7 Å². The molecule has 2 aromatic rings. The van der Waals surface area contributed by atoms with Crippen LogP contribution in [-0.2, 0) is 12.8 Å². The number of carbonyl (C=O) groups excluding carboxylic acids is 1. The molecule has 0 saturated heterocycles. The number of hydrogen-bond acceptors (Lipinski definition) is 1. The van der Waals surface area contributed by atoms with Gasteiger partial charge < -0.3 is 5.32 Å². The topological polar surface area (TPSA) is 29.1 Å². The van der Waals surface area contributed by atoms with Crippen molar-refractivity contribution in [1.29, 1.82) is 0 Å². The van der Waals surface area contributed by atoms with Gasteiger partial charge in [-0.3, -0.25) is 4.79 Å². The van der Waals surface area contributed by atoms with E-state index < -0.39 is 0 Å². The van der Waals surface area contributed by atoms with E-state index in [1.807, 2.05) is 18.2 Å². The summed E-state index contributed by atoms with van der Waals surface area (Å²) in [7, 11) is 0. The second-order valence-corrected chi connectivity index (χ2v) is 6.55. The summed E-state index contributed by atoms with van der Waals surface area (Å²) in [5.41, 5.74) is 3.90. The highest BCUT2D eigenvalue weighted by atomic mass is 79.9. The first kappa shape index (κ1) is 14.6. The summed E-state index contributed by atoms with van der Waals surface area (Å²) in [5.74, 6) is -0.0852. The lowest BCUT2D eigenvalue weighted by Crippen LogP contribution is -2.17. The predicted molar refractivity (Wildman–Crippen MR) is 90.2 cm³/mol. The smallest absolute Gasteiger partial charge is 0.255 e. The number of anilines is 1. The van der Waals surface area contributed by atoms with Gasteiger partial charge in [0.1, 0.15) is 0 Å². The first-order chi connectivity index (χ1) is 10.1. The van der Waals surface area contributed by atoms with Crippen molar-refractivity contribution < 1.29 is 4.79 Å². The number of benzene rings is 2. The van der Waals surface area contributed by atoms with Crippen molar-refractivity contribution in [3.63, 3.8) is 0 Å². The molecule has 0 aromatic heterocycles. The maximum atomic E-state index is 12.5. The molecule has 0 spiro atoms. The molecular weight excluding hydrogens is 350 g/mol. The van der Waals surface area contributed by atoms with Crippen LogP contribution in [0.15, 0.2) is 40.9 Å². The van der Waals surface area contributed by atoms with E-state index in [9.17, 15) is 4.79 Å². The van der Waals surface area contributed by atoms with Crippen molar-refractivity contribution >= 4 is 39.1 Å². The van der Waals surface area contributed by atoms with Crippen molar-refractivity contribution in [2.75, 3.05) is 5.32 Å². The summed E-state index contributed by atoms with van der Waals surface area (Å²) < 4.78 is 0.891. The largest absolute Gasteiger partial charge is 0.321 e. The number of carbonyl (C=O) groups is 1. The number of aryl methyl sites for hydroxylation is 1. The van der Waals surface area contributed by atoms with E-state index in [1.54, 1.807) is 12.1 Å². The lowest BCUT2D eigenvalue weighted by molar-refractivity contribution is 0.102. The third kappa shape index (κ3) is 3.14. The first-order valence-electron chi connectivity index (χ1n) is 7.02. The van der Waals surface area contributed by atoms with E-state index in [0.717, 1.165) is 29.3 Å². The zero-order valence-electron chi connectivity index (χ0n) is 11.5. The summed E-state index contributed by atoms with van der Waals surface area (Å²) in [4.78, 5) is 12.5. The minimum Gasteiger partial charge on any atom is -0.321 e. The maximum absolute atomic E-state index is 12.5. The molecule has 1 aliphatic carbocycles. The van der Waals surface area contributed by atoms with Gasteiger partial charge in [-0.2, -0.15) is 0 Å². The molecule has 21 heavy (non-hydrogen) atoms. The third-order valence-corrected chi connectivity index (χ3v) is 4.63. The van der Waals surface area contributed by atoms with Gasteiger partial charge >= 0.3 is 0 Å². The molecular formula is C17H15BrClNO. The molecule has 0 heterocycles. The first-order valence-corrected chi connectivity index (χ1v) is 8.19. The van der Waals surface area contributed by atoms with Gasteiger partial charge in [0.15, 0.2) is 0 Å². The third-order valence-electron chi connectivity index (χ3n) is 3.82. The normalized spacial score (nSPS) is 13.6. The molecule has 1 N–H and O–H groups in total. The highest BCUT2D eigenvalue weighted by Crippen LogP contribution is 2.28. The molecule has 2 aromatic carbocycles. The van der Waals surface area contributed by atoms with Gasteiger partial charge in [-0.15, -0.1) is 0 Å². The number of amides is 1. The molecule has 1 amide bonds. The molecule has 0 aliphatic heterocycles. The van der Waals surface area contributed by atoms with Crippen LogP contribution in [0, 0.1) is 0 Å². The number of nitrogens with one attached hydrogen (secondary N) is 1. The standard InChI is InChI=1S/C17H15BrClNO/c18-12-8-9-16(15(19)10-12)20-17(21)14-7-3-5-11-4-1-2-6-13(11)14/h3,5,7-10H,1-2,4,6H2,(H,20,21). The van der Waals surface area contributed by atoms with E-state index in [2.05, 4.69) is 27.3 Å². The molecule has 0 fully saturated rings. The molecule has 4 heteroatoms. The van der Waals surface area contributed by atoms with Gasteiger partial charge in [0.05, 0.1) is 10.7 Å². The molecule has 2 nitrogen and oxygen atoms in total. The number of rotatable bonds is 2. The minimum atomic E-state index is -0.0852. The average molecular weight is 365 g/mol. The summed E-state index contributed by atoms with van der Waals surface area (Å²) >= 11 is 9.52. The molecule has 0 unspecified atom stereocenters.